The van der Waals surface area contributed by atoms with E-state index >= 15 is 0 Å². The van der Waals surface area contributed by atoms with Crippen LogP contribution in [0.4, 0.5) is 0 Å². The Morgan fingerprint density at radius 3 is 2.32 bits per heavy atom. The molecule has 1 aromatic carbocycles. The van der Waals surface area contributed by atoms with Crippen molar-refractivity contribution in [3.8, 4) is 0 Å². The molecule has 1 saturated heterocycles. The van der Waals surface area contributed by atoms with E-state index < -0.39 is 46.5 Å². The number of carbonyl (C=O) groups excluding carboxylic acids is 2. The van der Waals surface area contributed by atoms with Crippen LogP contribution in [-0.4, -0.2) is 41.9 Å². The van der Waals surface area contributed by atoms with E-state index in [1.165, 1.54) is 32.4 Å². The van der Waals surface area contributed by atoms with Crippen LogP contribution >= 0.6 is 0 Å². The number of cyclic esters (lactones) is 2. The Hall–Kier alpha value is -2.81. The number of esters is 2. The van der Waals surface area contributed by atoms with Crippen LogP contribution in [0.25, 0.3) is 0 Å². The van der Waals surface area contributed by atoms with Gasteiger partial charge in [0.2, 0.25) is 0 Å². The standard InChI is InChI=1S/C26H32O7S/c1-7-9-22(31-17-30-6)20(14-15-34(29)21-12-10-18(3)11-13-21)16-19(8-2)23-24(27)32-26(4,5)33-25(23)28/h7-8,10-16,19,22-23H,1-2,9,17H2,3-6H3/b15-14-,20-16-/t19-,22+,34?/m0/s1. The van der Waals surface area contributed by atoms with Gasteiger partial charge < -0.3 is 18.9 Å². The number of carbonyl (C=O) groups is 2. The molecule has 0 aromatic heterocycles. The second kappa shape index (κ2) is 12.6. The zero-order valence-corrected chi connectivity index (χ0v) is 20.8. The number of aryl methyl sites for hydroxylation is 1. The van der Waals surface area contributed by atoms with Crippen LogP contribution in [0.15, 0.2) is 77.6 Å². The van der Waals surface area contributed by atoms with Gasteiger partial charge in [-0.3, -0.25) is 9.59 Å². The van der Waals surface area contributed by atoms with Crippen LogP contribution in [-0.2, 0) is 39.3 Å². The first-order chi connectivity index (χ1) is 16.1. The molecule has 0 bridgehead atoms. The molecule has 0 saturated carbocycles. The lowest BCUT2D eigenvalue weighted by Gasteiger charge is -2.34. The first kappa shape index (κ1) is 27.4. The molecule has 184 valence electrons. The maximum Gasteiger partial charge on any atom is 0.324 e. The Morgan fingerprint density at radius 2 is 1.79 bits per heavy atom. The average molecular weight is 489 g/mol. The van der Waals surface area contributed by atoms with Crippen LogP contribution in [0.1, 0.15) is 25.8 Å². The molecule has 1 unspecified atom stereocenters. The van der Waals surface area contributed by atoms with Crippen molar-refractivity contribution < 1.29 is 32.7 Å². The zero-order valence-electron chi connectivity index (χ0n) is 20.0. The molecule has 1 aliphatic rings. The van der Waals surface area contributed by atoms with Gasteiger partial charge in [0.05, 0.1) is 16.9 Å². The number of methoxy groups -OCH3 is 1. The van der Waals surface area contributed by atoms with E-state index in [2.05, 4.69) is 13.2 Å². The predicted octanol–water partition coefficient (Wildman–Crippen LogP) is 4.36. The van der Waals surface area contributed by atoms with E-state index in [1.807, 2.05) is 19.1 Å². The highest BCUT2D eigenvalue weighted by molar-refractivity contribution is 7.88. The van der Waals surface area contributed by atoms with Crippen molar-refractivity contribution in [1.82, 2.24) is 0 Å². The van der Waals surface area contributed by atoms with E-state index in [9.17, 15) is 13.8 Å². The molecule has 1 heterocycles. The Bertz CT molecular complexity index is 955. The first-order valence-electron chi connectivity index (χ1n) is 10.8. The van der Waals surface area contributed by atoms with Crippen LogP contribution in [0.5, 0.6) is 0 Å². The molecule has 0 amide bonds. The number of benzene rings is 1. The largest absolute Gasteiger partial charge is 0.422 e. The first-order valence-corrected chi connectivity index (χ1v) is 12.0. The summed E-state index contributed by atoms with van der Waals surface area (Å²) in [5.74, 6) is -4.70. The van der Waals surface area contributed by atoms with Gasteiger partial charge in [0.15, 0.2) is 5.92 Å². The summed E-state index contributed by atoms with van der Waals surface area (Å²) in [5.41, 5.74) is 1.64. The van der Waals surface area contributed by atoms with Crippen molar-refractivity contribution >= 4 is 22.7 Å². The molecular weight excluding hydrogens is 456 g/mol. The van der Waals surface area contributed by atoms with Crippen LogP contribution in [0.2, 0.25) is 0 Å². The second-order valence-corrected chi connectivity index (χ2v) is 9.54. The summed E-state index contributed by atoms with van der Waals surface area (Å²) in [6.45, 7) is 12.5. The number of hydrogen-bond acceptors (Lipinski definition) is 7. The lowest BCUT2D eigenvalue weighted by atomic mass is 9.88. The third kappa shape index (κ3) is 7.62. The summed E-state index contributed by atoms with van der Waals surface area (Å²) >= 11 is 0. The quantitative estimate of drug-likeness (QED) is 0.142. The third-order valence-electron chi connectivity index (χ3n) is 5.02. The molecule has 0 radical (unpaired) electrons. The summed E-state index contributed by atoms with van der Waals surface area (Å²) in [5, 5.41) is 1.53. The summed E-state index contributed by atoms with van der Waals surface area (Å²) in [4.78, 5) is 25.9. The fraction of sp³-hybridized carbons (Fsp3) is 0.385. The SMILES string of the molecule is C=CC[C@@H](OCOC)C(/C=C\S(=O)c1ccc(C)cc1)=C\[C@H](C=C)C1C(=O)OC(C)(C)OC1=O. The van der Waals surface area contributed by atoms with Crippen molar-refractivity contribution in [2.24, 2.45) is 11.8 Å². The molecule has 0 N–H and O–H groups in total. The maximum atomic E-state index is 12.8. The van der Waals surface area contributed by atoms with Crippen molar-refractivity contribution in [2.45, 2.75) is 44.0 Å². The summed E-state index contributed by atoms with van der Waals surface area (Å²) < 4.78 is 34.2. The van der Waals surface area contributed by atoms with Crippen LogP contribution in [0.3, 0.4) is 0 Å². The number of hydrogen-bond donors (Lipinski definition) is 0. The van der Waals surface area contributed by atoms with Gasteiger partial charge in [0.1, 0.15) is 6.79 Å². The third-order valence-corrected chi connectivity index (χ3v) is 6.14. The fourth-order valence-electron chi connectivity index (χ4n) is 3.33. The van der Waals surface area contributed by atoms with Gasteiger partial charge in [-0.25, -0.2) is 4.21 Å². The maximum absolute atomic E-state index is 12.8. The lowest BCUT2D eigenvalue weighted by Crippen LogP contribution is -2.48. The fourth-order valence-corrected chi connectivity index (χ4v) is 4.17. The smallest absolute Gasteiger partial charge is 0.324 e. The average Bonchev–Trinajstić information content (AvgIpc) is 2.77. The summed E-state index contributed by atoms with van der Waals surface area (Å²) in [6.07, 6.45) is 6.35. The molecule has 8 heteroatoms. The van der Waals surface area contributed by atoms with E-state index in [4.69, 9.17) is 18.9 Å². The van der Waals surface area contributed by atoms with Gasteiger partial charge in [-0.05, 0) is 37.1 Å². The van der Waals surface area contributed by atoms with Crippen LogP contribution in [0, 0.1) is 18.8 Å². The number of allylic oxidation sites excluding steroid dienone is 2. The van der Waals surface area contributed by atoms with Gasteiger partial charge in [0.25, 0.3) is 5.79 Å². The molecule has 0 aliphatic carbocycles. The van der Waals surface area contributed by atoms with Gasteiger partial charge >= 0.3 is 11.9 Å². The lowest BCUT2D eigenvalue weighted by molar-refractivity contribution is -0.241. The molecule has 2 rings (SSSR count). The Balaban J connectivity index is 2.43. The highest BCUT2D eigenvalue weighted by Gasteiger charge is 2.46. The van der Waals surface area contributed by atoms with Crippen molar-refractivity contribution in [2.75, 3.05) is 13.9 Å². The molecule has 1 aromatic rings. The van der Waals surface area contributed by atoms with E-state index in [0.29, 0.717) is 16.9 Å². The van der Waals surface area contributed by atoms with E-state index in [0.717, 1.165) is 5.56 Å². The van der Waals surface area contributed by atoms with Crippen molar-refractivity contribution in [3.63, 3.8) is 0 Å². The van der Waals surface area contributed by atoms with Crippen molar-refractivity contribution in [3.05, 3.63) is 78.3 Å². The predicted molar refractivity (Wildman–Crippen MR) is 130 cm³/mol. The molecule has 3 atom stereocenters. The monoisotopic (exact) mass is 488 g/mol. The molecule has 0 spiro atoms. The number of rotatable bonds is 12. The van der Waals surface area contributed by atoms with Gasteiger partial charge in [-0.2, -0.15) is 0 Å². The minimum Gasteiger partial charge on any atom is -0.422 e. The topological polar surface area (TPSA) is 88.1 Å². The van der Waals surface area contributed by atoms with Crippen molar-refractivity contribution in [1.29, 1.82) is 0 Å². The number of ether oxygens (including phenoxy) is 4. The summed E-state index contributed by atoms with van der Waals surface area (Å²) in [7, 11) is 0.0716. The van der Waals surface area contributed by atoms with Gasteiger partial charge in [-0.1, -0.05) is 35.9 Å². The Morgan fingerprint density at radius 1 is 1.18 bits per heavy atom. The minimum atomic E-state index is -1.43. The Kier molecular flexibility index (Phi) is 10.2. The summed E-state index contributed by atoms with van der Waals surface area (Å²) in [6, 6.07) is 7.36. The van der Waals surface area contributed by atoms with Crippen LogP contribution < -0.4 is 0 Å². The minimum absolute atomic E-state index is 0.00515. The highest BCUT2D eigenvalue weighted by Crippen LogP contribution is 2.31. The molecular formula is C26H32O7S. The highest BCUT2D eigenvalue weighted by atomic mass is 32.2. The molecule has 1 aliphatic heterocycles. The molecule has 34 heavy (non-hydrogen) atoms. The van der Waals surface area contributed by atoms with E-state index in [1.54, 1.807) is 30.4 Å². The van der Waals surface area contributed by atoms with Gasteiger partial charge in [0, 0.05) is 37.2 Å². The Labute approximate surface area is 203 Å². The molecule has 1 fully saturated rings. The van der Waals surface area contributed by atoms with E-state index in [-0.39, 0.29) is 6.79 Å². The normalized spacial score (nSPS) is 19.2. The van der Waals surface area contributed by atoms with Gasteiger partial charge in [-0.15, -0.1) is 13.2 Å². The molecule has 7 nitrogen and oxygen atoms in total. The zero-order chi connectivity index (χ0) is 25.3. The second-order valence-electron chi connectivity index (χ2n) is 8.20.